The van der Waals surface area contributed by atoms with Crippen molar-refractivity contribution in [1.82, 2.24) is 0 Å². The van der Waals surface area contributed by atoms with Gasteiger partial charge in [-0.15, -0.1) is 0 Å². The summed E-state index contributed by atoms with van der Waals surface area (Å²) in [5, 5.41) is 0. The molecule has 40 heavy (non-hydrogen) atoms. The van der Waals surface area contributed by atoms with E-state index in [0.29, 0.717) is 35.2 Å². The van der Waals surface area contributed by atoms with Crippen molar-refractivity contribution in [2.45, 2.75) is 128 Å². The van der Waals surface area contributed by atoms with E-state index in [1.165, 1.54) is 88.2 Å². The zero-order valence-electron chi connectivity index (χ0n) is 24.7. The maximum Gasteiger partial charge on any atom is 0.185 e. The third-order valence-corrected chi connectivity index (χ3v) is 11.0. The van der Waals surface area contributed by atoms with Crippen molar-refractivity contribution >= 4 is 11.6 Å². The highest BCUT2D eigenvalue weighted by atomic mass is 16.1. The summed E-state index contributed by atoms with van der Waals surface area (Å²) in [7, 11) is 0. The number of hydrogen-bond acceptors (Lipinski definition) is 2. The first-order valence-corrected chi connectivity index (χ1v) is 17.0. The predicted octanol–water partition coefficient (Wildman–Crippen LogP) is 10.0. The highest BCUT2D eigenvalue weighted by molar-refractivity contribution is 6.11. The SMILES string of the molecule is O=C1C(C2CCCCC2)=CC(=CC=C2C=C(C3CCCCC3)C(=O)C(C3CCCCC3)=C2)C=C1C1CCCCC1. The fourth-order valence-corrected chi connectivity index (χ4v) is 8.65. The van der Waals surface area contributed by atoms with Crippen LogP contribution >= 0.6 is 0 Å². The molecule has 0 aromatic heterocycles. The van der Waals surface area contributed by atoms with Gasteiger partial charge in [0, 0.05) is 22.3 Å². The molecule has 6 rings (SSSR count). The molecule has 0 heterocycles. The van der Waals surface area contributed by atoms with Crippen LogP contribution in [0, 0.1) is 23.7 Å². The molecule has 4 fully saturated rings. The Kier molecular flexibility index (Phi) is 9.20. The van der Waals surface area contributed by atoms with E-state index in [4.69, 9.17) is 0 Å². The van der Waals surface area contributed by atoms with Crippen molar-refractivity contribution < 1.29 is 9.59 Å². The fraction of sp³-hybridized carbons (Fsp3) is 0.632. The molecule has 0 atom stereocenters. The van der Waals surface area contributed by atoms with Crippen LogP contribution in [-0.4, -0.2) is 11.6 Å². The van der Waals surface area contributed by atoms with Crippen LogP contribution in [-0.2, 0) is 9.59 Å². The first-order valence-electron chi connectivity index (χ1n) is 17.0. The van der Waals surface area contributed by atoms with Gasteiger partial charge in [-0.05, 0) is 110 Å². The molecule has 0 aromatic rings. The van der Waals surface area contributed by atoms with Gasteiger partial charge >= 0.3 is 0 Å². The molecule has 0 aromatic carbocycles. The minimum absolute atomic E-state index is 0.353. The van der Waals surface area contributed by atoms with Gasteiger partial charge in [-0.1, -0.05) is 89.2 Å². The lowest BCUT2D eigenvalue weighted by atomic mass is 9.72. The van der Waals surface area contributed by atoms with Crippen LogP contribution in [0.25, 0.3) is 0 Å². The molecule has 0 unspecified atom stereocenters. The molecule has 0 saturated heterocycles. The van der Waals surface area contributed by atoms with Crippen LogP contribution in [0.2, 0.25) is 0 Å². The Labute approximate surface area is 242 Å². The van der Waals surface area contributed by atoms with E-state index in [1.807, 2.05) is 0 Å². The molecule has 2 heteroatoms. The van der Waals surface area contributed by atoms with Gasteiger partial charge in [0.15, 0.2) is 11.6 Å². The zero-order chi connectivity index (χ0) is 27.3. The summed E-state index contributed by atoms with van der Waals surface area (Å²) in [4.78, 5) is 27.6. The summed E-state index contributed by atoms with van der Waals surface area (Å²) >= 11 is 0. The maximum atomic E-state index is 13.8. The van der Waals surface area contributed by atoms with Gasteiger partial charge in [0.05, 0.1) is 0 Å². The highest BCUT2D eigenvalue weighted by Gasteiger charge is 2.33. The average Bonchev–Trinajstić information content (AvgIpc) is 3.02. The van der Waals surface area contributed by atoms with Crippen LogP contribution < -0.4 is 0 Å². The van der Waals surface area contributed by atoms with Crippen molar-refractivity contribution in [2.75, 3.05) is 0 Å². The lowest BCUT2D eigenvalue weighted by molar-refractivity contribution is -0.114. The Morgan fingerprint density at radius 2 is 0.600 bits per heavy atom. The standard InChI is InChI=1S/C38H50O2/c39-37-33(29-13-5-1-6-14-29)23-27(24-34(37)30-15-7-2-8-16-30)21-22-28-25-35(31-17-9-3-10-18-31)38(40)36(26-28)32-19-11-4-12-20-32/h21-26,29-32H,1-20H2. The van der Waals surface area contributed by atoms with Crippen LogP contribution in [0.15, 0.2) is 69.9 Å². The highest BCUT2D eigenvalue weighted by Crippen LogP contribution is 2.41. The fourth-order valence-electron chi connectivity index (χ4n) is 8.65. The molecule has 6 aliphatic carbocycles. The molecule has 2 nitrogen and oxygen atoms in total. The lowest BCUT2D eigenvalue weighted by Gasteiger charge is -2.31. The van der Waals surface area contributed by atoms with Crippen molar-refractivity contribution in [3.05, 3.63) is 69.9 Å². The first-order chi connectivity index (χ1) is 19.7. The molecule has 0 spiro atoms. The molecule has 0 radical (unpaired) electrons. The summed E-state index contributed by atoms with van der Waals surface area (Å²) in [5.74, 6) is 2.40. The first kappa shape index (κ1) is 27.9. The second-order valence-electron chi connectivity index (χ2n) is 13.7. The van der Waals surface area contributed by atoms with Gasteiger partial charge in [-0.25, -0.2) is 0 Å². The summed E-state index contributed by atoms with van der Waals surface area (Å²) < 4.78 is 0. The summed E-state index contributed by atoms with van der Waals surface area (Å²) in [6.07, 6.45) is 37.9. The lowest BCUT2D eigenvalue weighted by Crippen LogP contribution is -2.25. The van der Waals surface area contributed by atoms with Gasteiger partial charge in [-0.2, -0.15) is 0 Å². The van der Waals surface area contributed by atoms with Crippen molar-refractivity contribution in [2.24, 2.45) is 23.7 Å². The zero-order valence-corrected chi connectivity index (χ0v) is 24.7. The predicted molar refractivity (Wildman–Crippen MR) is 165 cm³/mol. The van der Waals surface area contributed by atoms with Crippen LogP contribution in [0.1, 0.15) is 128 Å². The summed E-state index contributed by atoms with van der Waals surface area (Å²) in [5.41, 5.74) is 6.72. The van der Waals surface area contributed by atoms with E-state index >= 15 is 0 Å². The minimum atomic E-state index is 0.353. The molecule has 6 aliphatic rings. The summed E-state index contributed by atoms with van der Waals surface area (Å²) in [6, 6.07) is 0. The molecule has 0 N–H and O–H groups in total. The number of carbonyl (C=O) groups is 2. The normalized spacial score (nSPS) is 26.7. The number of ketones is 2. The third-order valence-electron chi connectivity index (χ3n) is 11.0. The molecule has 4 saturated carbocycles. The molecular formula is C38H50O2. The number of rotatable bonds is 5. The molecule has 0 amide bonds. The molecule has 0 aliphatic heterocycles. The van der Waals surface area contributed by atoms with Crippen molar-refractivity contribution in [1.29, 1.82) is 0 Å². The Hall–Kier alpha value is -2.22. The van der Waals surface area contributed by atoms with E-state index < -0.39 is 0 Å². The maximum absolute atomic E-state index is 13.8. The Morgan fingerprint density at radius 1 is 0.375 bits per heavy atom. The minimum Gasteiger partial charge on any atom is -0.289 e. The monoisotopic (exact) mass is 538 g/mol. The second kappa shape index (κ2) is 13.2. The topological polar surface area (TPSA) is 34.1 Å². The van der Waals surface area contributed by atoms with E-state index in [2.05, 4.69) is 36.5 Å². The Balaban J connectivity index is 1.35. The van der Waals surface area contributed by atoms with Gasteiger partial charge in [0.2, 0.25) is 0 Å². The van der Waals surface area contributed by atoms with Gasteiger partial charge in [0.1, 0.15) is 0 Å². The summed E-state index contributed by atoms with van der Waals surface area (Å²) in [6.45, 7) is 0. The van der Waals surface area contributed by atoms with E-state index in [0.717, 1.165) is 73.7 Å². The van der Waals surface area contributed by atoms with Crippen LogP contribution in [0.5, 0.6) is 0 Å². The quantitative estimate of drug-likeness (QED) is 0.349. The molecular weight excluding hydrogens is 488 g/mol. The number of Topliss-reactive ketones (excluding diaryl/α,β-unsaturated/α-hetero) is 2. The largest absolute Gasteiger partial charge is 0.289 e. The number of allylic oxidation sites excluding steroid dienone is 12. The van der Waals surface area contributed by atoms with Gasteiger partial charge < -0.3 is 0 Å². The molecule has 214 valence electrons. The number of hydrogen-bond donors (Lipinski definition) is 0. The molecule has 0 bridgehead atoms. The van der Waals surface area contributed by atoms with E-state index in [-0.39, 0.29) is 0 Å². The third kappa shape index (κ3) is 6.32. The van der Waals surface area contributed by atoms with Crippen LogP contribution in [0.3, 0.4) is 0 Å². The van der Waals surface area contributed by atoms with E-state index in [1.54, 1.807) is 0 Å². The van der Waals surface area contributed by atoms with Crippen molar-refractivity contribution in [3.63, 3.8) is 0 Å². The second-order valence-corrected chi connectivity index (χ2v) is 13.7. The smallest absolute Gasteiger partial charge is 0.185 e. The Bertz CT molecular complexity index is 972. The van der Waals surface area contributed by atoms with Gasteiger partial charge in [-0.3, -0.25) is 9.59 Å². The van der Waals surface area contributed by atoms with Crippen LogP contribution in [0.4, 0.5) is 0 Å². The van der Waals surface area contributed by atoms with Crippen molar-refractivity contribution in [3.8, 4) is 0 Å². The average molecular weight is 539 g/mol. The number of carbonyl (C=O) groups excluding carboxylic acids is 2. The van der Waals surface area contributed by atoms with Gasteiger partial charge in [0.25, 0.3) is 0 Å². The van der Waals surface area contributed by atoms with E-state index in [9.17, 15) is 9.59 Å². The Morgan fingerprint density at radius 3 is 0.825 bits per heavy atom.